The molecule has 2 N–H and O–H groups in total. The van der Waals surface area contributed by atoms with Gasteiger partial charge in [0.15, 0.2) is 0 Å². The normalized spacial score (nSPS) is 8.77. The monoisotopic (exact) mass is 253 g/mol. The first-order valence-corrected chi connectivity index (χ1v) is 3.58. The number of carbonyl (C=O) groups excluding carboxylic acids is 1. The molecule has 0 saturated heterocycles. The second-order valence-corrected chi connectivity index (χ2v) is 2.68. The fraction of sp³-hybridized carbons (Fsp3) is 0.222. The minimum Gasteiger partial charge on any atom is -0.525 e. The molecule has 1 radical (unpaired) electrons. The van der Waals surface area contributed by atoms with Gasteiger partial charge in [-0.1, -0.05) is 11.3 Å². The topological polar surface area (TPSA) is 49.3 Å². The Morgan fingerprint density at radius 2 is 1.85 bits per heavy atom. The number of nitrogens with one attached hydrogen (secondary N) is 1. The van der Waals surface area contributed by atoms with Crippen molar-refractivity contribution in [2.45, 2.75) is 13.8 Å². The zero-order valence-corrected chi connectivity index (χ0v) is 10.4. The minimum absolute atomic E-state index is 0. The van der Waals surface area contributed by atoms with Crippen LogP contribution in [0.4, 0.5) is 5.69 Å². The largest absolute Gasteiger partial charge is 0.525 e. The van der Waals surface area contributed by atoms with Gasteiger partial charge in [-0.3, -0.25) is 0 Å². The van der Waals surface area contributed by atoms with E-state index >= 15 is 0 Å². The van der Waals surface area contributed by atoms with Crippen LogP contribution in [-0.4, -0.2) is 11.5 Å². The van der Waals surface area contributed by atoms with E-state index in [0.29, 0.717) is 5.69 Å². The zero-order valence-electron chi connectivity index (χ0n) is 7.59. The smallest absolute Gasteiger partial charge is 0.0693 e. The molecule has 0 fully saturated rings. The molecule has 0 heterocycles. The van der Waals surface area contributed by atoms with Gasteiger partial charge in [0, 0.05) is 32.7 Å². The van der Waals surface area contributed by atoms with E-state index in [9.17, 15) is 9.90 Å². The number of aromatic hydroxyl groups is 1. The number of phenolic OH excluding ortho intramolecular Hbond substituents is 1. The van der Waals surface area contributed by atoms with Crippen LogP contribution in [0.3, 0.4) is 0 Å². The molecule has 0 aliphatic carbocycles. The van der Waals surface area contributed by atoms with Gasteiger partial charge in [0.1, 0.15) is 0 Å². The SMILES string of the molecule is Cc1cc(O)c(N[C-]=O)cc1C.[Y]. The van der Waals surface area contributed by atoms with Gasteiger partial charge in [0.2, 0.25) is 0 Å². The van der Waals surface area contributed by atoms with Crippen molar-refractivity contribution in [3.63, 3.8) is 0 Å². The molecule has 67 valence electrons. The van der Waals surface area contributed by atoms with Crippen molar-refractivity contribution in [1.82, 2.24) is 0 Å². The number of rotatable bonds is 2. The Morgan fingerprint density at radius 1 is 1.31 bits per heavy atom. The van der Waals surface area contributed by atoms with Crippen molar-refractivity contribution in [2.24, 2.45) is 0 Å². The maximum atomic E-state index is 9.98. The van der Waals surface area contributed by atoms with Gasteiger partial charge in [0.25, 0.3) is 0 Å². The van der Waals surface area contributed by atoms with E-state index in [1.807, 2.05) is 13.8 Å². The zero-order chi connectivity index (χ0) is 9.14. The number of amides is 1. The van der Waals surface area contributed by atoms with Gasteiger partial charge in [-0.2, -0.15) is 0 Å². The van der Waals surface area contributed by atoms with Crippen LogP contribution >= 0.6 is 0 Å². The molecule has 0 atom stereocenters. The van der Waals surface area contributed by atoms with E-state index in [-0.39, 0.29) is 38.5 Å². The second kappa shape index (κ2) is 5.35. The Balaban J connectivity index is 0.00000144. The molecule has 1 amide bonds. The second-order valence-electron chi connectivity index (χ2n) is 2.68. The first-order chi connectivity index (χ1) is 5.65. The molecule has 3 nitrogen and oxygen atoms in total. The molecule has 0 aliphatic rings. The van der Waals surface area contributed by atoms with E-state index in [1.165, 1.54) is 6.41 Å². The third-order valence-electron chi connectivity index (χ3n) is 1.80. The van der Waals surface area contributed by atoms with Crippen molar-refractivity contribution < 1.29 is 42.6 Å². The number of hydrogen-bond acceptors (Lipinski definition) is 2. The average Bonchev–Trinajstić information content (AvgIpc) is 2.01. The molecule has 0 saturated carbocycles. The van der Waals surface area contributed by atoms with Crippen LogP contribution < -0.4 is 5.32 Å². The van der Waals surface area contributed by atoms with Crippen LogP contribution in [0.1, 0.15) is 11.1 Å². The third kappa shape index (κ3) is 3.09. The van der Waals surface area contributed by atoms with Gasteiger partial charge in [-0.25, -0.2) is 0 Å². The van der Waals surface area contributed by atoms with Crippen LogP contribution in [0.2, 0.25) is 0 Å². The molecule has 1 aromatic carbocycles. The Bertz CT molecular complexity index is 313. The van der Waals surface area contributed by atoms with Crippen LogP contribution in [0.25, 0.3) is 0 Å². The Labute approximate surface area is 102 Å². The molecule has 1 aromatic rings. The van der Waals surface area contributed by atoms with Gasteiger partial charge in [0.05, 0.1) is 12.2 Å². The van der Waals surface area contributed by atoms with Crippen molar-refractivity contribution in [3.8, 4) is 5.75 Å². The van der Waals surface area contributed by atoms with Crippen LogP contribution in [-0.2, 0) is 37.5 Å². The molecule has 4 heteroatoms. The van der Waals surface area contributed by atoms with Crippen LogP contribution in [0.15, 0.2) is 12.1 Å². The number of anilines is 1. The molecule has 0 aliphatic heterocycles. The standard InChI is InChI=1S/C9H10NO2.Y/c1-6-3-8(10-5-11)9(12)4-7(6)2;/h3-4,12H,1-2H3,(H,10,11);/q-1;. The van der Waals surface area contributed by atoms with E-state index in [1.54, 1.807) is 12.1 Å². The number of benzene rings is 1. The predicted octanol–water partition coefficient (Wildman–Crippen LogP) is 1.49. The van der Waals surface area contributed by atoms with Crippen molar-refractivity contribution in [2.75, 3.05) is 5.32 Å². The van der Waals surface area contributed by atoms with Crippen molar-refractivity contribution in [3.05, 3.63) is 23.3 Å². The summed E-state index contributed by atoms with van der Waals surface area (Å²) in [4.78, 5) is 9.98. The molecule has 0 bridgehead atoms. The Kier molecular flexibility index (Phi) is 5.18. The number of phenols is 1. The van der Waals surface area contributed by atoms with Gasteiger partial charge in [-0.15, -0.1) is 6.07 Å². The molecule has 0 unspecified atom stereocenters. The molecule has 0 aromatic heterocycles. The summed E-state index contributed by atoms with van der Waals surface area (Å²) < 4.78 is 0. The molecule has 13 heavy (non-hydrogen) atoms. The summed E-state index contributed by atoms with van der Waals surface area (Å²) in [6.45, 7) is 3.80. The number of aryl methyl sites for hydroxylation is 2. The summed E-state index contributed by atoms with van der Waals surface area (Å²) in [5.74, 6) is 0.0708. The Morgan fingerprint density at radius 3 is 2.38 bits per heavy atom. The van der Waals surface area contributed by atoms with Crippen molar-refractivity contribution >= 4 is 12.1 Å². The maximum absolute atomic E-state index is 9.98. The summed E-state index contributed by atoms with van der Waals surface area (Å²) in [6, 6.07) is 3.31. The van der Waals surface area contributed by atoms with Crippen molar-refractivity contribution in [1.29, 1.82) is 0 Å². The van der Waals surface area contributed by atoms with Crippen LogP contribution in [0, 0.1) is 13.8 Å². The van der Waals surface area contributed by atoms with Crippen LogP contribution in [0.5, 0.6) is 5.75 Å². The van der Waals surface area contributed by atoms with E-state index in [4.69, 9.17) is 0 Å². The fourth-order valence-electron chi connectivity index (χ4n) is 0.956. The fourth-order valence-corrected chi connectivity index (χ4v) is 0.956. The Hall–Kier alpha value is -0.406. The summed E-state index contributed by atoms with van der Waals surface area (Å²) >= 11 is 0. The minimum atomic E-state index is 0. The molecule has 1 rings (SSSR count). The van der Waals surface area contributed by atoms with E-state index in [2.05, 4.69) is 5.32 Å². The summed E-state index contributed by atoms with van der Waals surface area (Å²) in [7, 11) is 0. The average molecular weight is 253 g/mol. The number of hydrogen-bond donors (Lipinski definition) is 2. The maximum Gasteiger partial charge on any atom is 0.0693 e. The predicted molar refractivity (Wildman–Crippen MR) is 46.9 cm³/mol. The van der Waals surface area contributed by atoms with Gasteiger partial charge < -0.3 is 15.2 Å². The van der Waals surface area contributed by atoms with Gasteiger partial charge >= 0.3 is 0 Å². The third-order valence-corrected chi connectivity index (χ3v) is 1.80. The molecule has 0 spiro atoms. The van der Waals surface area contributed by atoms with E-state index < -0.39 is 0 Å². The van der Waals surface area contributed by atoms with Gasteiger partial charge in [-0.05, 0) is 25.5 Å². The first-order valence-electron chi connectivity index (χ1n) is 3.58. The first kappa shape index (κ1) is 12.6. The summed E-state index contributed by atoms with van der Waals surface area (Å²) in [6.07, 6.45) is 1.51. The summed E-state index contributed by atoms with van der Waals surface area (Å²) in [5, 5.41) is 11.6. The quantitative estimate of drug-likeness (QED) is 0.476. The molecular formula is C9H10NO2Y-. The summed E-state index contributed by atoms with van der Waals surface area (Å²) in [5.41, 5.74) is 2.41. The van der Waals surface area contributed by atoms with E-state index in [0.717, 1.165) is 11.1 Å². The molecular weight excluding hydrogens is 243 g/mol.